The van der Waals surface area contributed by atoms with Crippen molar-refractivity contribution in [2.45, 2.75) is 33.6 Å². The number of hydrogen-bond acceptors (Lipinski definition) is 0. The standard InChI is InChI=1S/C17H13.C9H13.2C6H4F.CH2.2ClH.Zr/c1-3-12-5-7-14-11-15-8-6-13(4-2)10-17(15)16(14)9-12;1-9(2,3)8-6-4-5-7-8;2*7-6-4-2-1-3-5-6;;;;/h3-7,9-10H,1-2,11H2;6-7H,4H2,1-3H3;2*1-2,4-5H;1H2;2*1H;/q4*-1;;;;. The Kier molecular flexibility index (Phi) is 20.2. The van der Waals surface area contributed by atoms with Gasteiger partial charge in [0.25, 0.3) is 0 Å². The number of hydrogen-bond donors (Lipinski definition) is 0. The van der Waals surface area contributed by atoms with Gasteiger partial charge in [0.05, 0.1) is 0 Å². The van der Waals surface area contributed by atoms with Gasteiger partial charge in [-0.1, -0.05) is 68.2 Å². The fourth-order valence-corrected chi connectivity index (χ4v) is 4.03. The predicted octanol–water partition coefficient (Wildman–Crippen LogP) is 11.1. The van der Waals surface area contributed by atoms with E-state index in [-0.39, 0.29) is 36.4 Å². The van der Waals surface area contributed by atoms with Gasteiger partial charge in [-0.05, 0) is 12.0 Å². The van der Waals surface area contributed by atoms with Crippen molar-refractivity contribution in [1.29, 1.82) is 0 Å². The first kappa shape index (κ1) is 41.0. The summed E-state index contributed by atoms with van der Waals surface area (Å²) in [5.74, 6) is -0.468. The van der Waals surface area contributed by atoms with Crippen LogP contribution >= 0.6 is 24.8 Å². The molecule has 0 saturated carbocycles. The average molecular weight is 707 g/mol. The van der Waals surface area contributed by atoms with Crippen LogP contribution in [0.1, 0.15) is 49.4 Å². The van der Waals surface area contributed by atoms with Crippen molar-refractivity contribution in [2.24, 2.45) is 5.41 Å². The van der Waals surface area contributed by atoms with E-state index in [1.807, 2.05) is 18.2 Å². The minimum atomic E-state index is -0.234. The Morgan fingerprint density at radius 2 is 1.36 bits per heavy atom. The van der Waals surface area contributed by atoms with Gasteiger partial charge in [-0.3, -0.25) is 14.9 Å². The molecule has 0 radical (unpaired) electrons. The molecule has 6 rings (SSSR count). The molecule has 4 aromatic carbocycles. The van der Waals surface area contributed by atoms with Crippen molar-refractivity contribution in [3.63, 3.8) is 0 Å². The molecule has 0 spiro atoms. The molecule has 0 fully saturated rings. The SMILES string of the molecule is C=Cc1c[c-]c2c(c1)-c1cc(C=C)ccc1C2.CC(C)(C)C1=CC[C-]=C1.Cl.Cl.Fc1c[c-]ccc1.Fc1c[c-]ccc1.[CH2]=[Zr]. The molecule has 0 saturated heterocycles. The predicted molar refractivity (Wildman–Crippen MR) is 186 cm³/mol. The zero-order chi connectivity index (χ0) is 31.0. The van der Waals surface area contributed by atoms with Crippen LogP contribution in [0.15, 0.2) is 110 Å². The first-order valence-electron chi connectivity index (χ1n) is 13.5. The van der Waals surface area contributed by atoms with E-state index in [0.29, 0.717) is 5.41 Å². The second kappa shape index (κ2) is 21.7. The molecule has 0 aliphatic heterocycles. The maximum absolute atomic E-state index is 11.9. The topological polar surface area (TPSA) is 0 Å². The number of benzene rings is 4. The Morgan fingerprint density at radius 1 is 0.795 bits per heavy atom. The van der Waals surface area contributed by atoms with Gasteiger partial charge in [0.15, 0.2) is 0 Å². The summed E-state index contributed by atoms with van der Waals surface area (Å²) in [6.45, 7) is 14.3. The van der Waals surface area contributed by atoms with Crippen molar-refractivity contribution in [1.82, 2.24) is 0 Å². The van der Waals surface area contributed by atoms with Crippen LogP contribution in [-0.4, -0.2) is 4.21 Å². The summed E-state index contributed by atoms with van der Waals surface area (Å²) in [5, 5.41) is 0. The zero-order valence-corrected chi connectivity index (χ0v) is 29.5. The van der Waals surface area contributed by atoms with Gasteiger partial charge in [-0.25, -0.2) is 6.08 Å². The zero-order valence-electron chi connectivity index (χ0n) is 25.4. The van der Waals surface area contributed by atoms with Crippen LogP contribution < -0.4 is 0 Å². The Hall–Kier alpha value is -2.97. The summed E-state index contributed by atoms with van der Waals surface area (Å²) in [5.41, 5.74) is 9.31. The molecular formula is C39H38Cl2F2Zr-4. The van der Waals surface area contributed by atoms with Gasteiger partial charge in [0.2, 0.25) is 0 Å². The van der Waals surface area contributed by atoms with Gasteiger partial charge < -0.3 is 0 Å². The fraction of sp³-hybridized carbons (Fsp3) is 0.154. The molecular weight excluding hydrogens is 669 g/mol. The van der Waals surface area contributed by atoms with Crippen LogP contribution in [0, 0.1) is 41.3 Å². The number of rotatable bonds is 2. The van der Waals surface area contributed by atoms with Crippen molar-refractivity contribution in [3.05, 3.63) is 168 Å². The quantitative estimate of drug-likeness (QED) is 0.160. The van der Waals surface area contributed by atoms with E-state index in [4.69, 9.17) is 0 Å². The number of fused-ring (bicyclic) bond motifs is 3. The molecule has 230 valence electrons. The molecule has 0 unspecified atom stereocenters. The minimum absolute atomic E-state index is 0. The number of allylic oxidation sites excluding steroid dienone is 4. The normalized spacial score (nSPS) is 11.1. The Morgan fingerprint density at radius 3 is 1.75 bits per heavy atom. The molecule has 2 aliphatic rings. The molecule has 0 aromatic heterocycles. The van der Waals surface area contributed by atoms with E-state index in [2.05, 4.69) is 98.8 Å². The molecule has 0 atom stereocenters. The Bertz CT molecular complexity index is 1400. The monoisotopic (exact) mass is 704 g/mol. The molecule has 0 bridgehead atoms. The summed E-state index contributed by atoms with van der Waals surface area (Å²) in [6.07, 6.45) is 13.2. The molecule has 2 aliphatic carbocycles. The number of halogens is 4. The molecule has 0 N–H and O–H groups in total. The Labute approximate surface area is 290 Å². The fourth-order valence-electron chi connectivity index (χ4n) is 4.03. The van der Waals surface area contributed by atoms with Crippen LogP contribution in [-0.2, 0) is 30.7 Å². The molecule has 0 amide bonds. The molecule has 44 heavy (non-hydrogen) atoms. The van der Waals surface area contributed by atoms with E-state index in [0.717, 1.165) is 18.4 Å². The average Bonchev–Trinajstić information content (AvgIpc) is 3.68. The van der Waals surface area contributed by atoms with Crippen LogP contribution in [0.2, 0.25) is 0 Å². The van der Waals surface area contributed by atoms with E-state index in [1.165, 1.54) is 81.9 Å². The first-order chi connectivity index (χ1) is 20.2. The van der Waals surface area contributed by atoms with Gasteiger partial charge in [-0.2, -0.15) is 71.8 Å². The second-order valence-electron chi connectivity index (χ2n) is 10.2. The van der Waals surface area contributed by atoms with Crippen LogP contribution in [0.3, 0.4) is 0 Å². The summed E-state index contributed by atoms with van der Waals surface area (Å²) in [6, 6.07) is 31.1. The maximum atomic E-state index is 11.9. The van der Waals surface area contributed by atoms with Gasteiger partial charge >= 0.3 is 28.4 Å². The van der Waals surface area contributed by atoms with Crippen molar-refractivity contribution in [3.8, 4) is 11.1 Å². The van der Waals surface area contributed by atoms with Crippen LogP contribution in [0.4, 0.5) is 8.78 Å². The van der Waals surface area contributed by atoms with E-state index < -0.39 is 0 Å². The third-order valence-corrected chi connectivity index (χ3v) is 6.21. The van der Waals surface area contributed by atoms with Crippen molar-refractivity contribution in [2.75, 3.05) is 0 Å². The second-order valence-corrected chi connectivity index (χ2v) is 10.2. The van der Waals surface area contributed by atoms with Crippen molar-refractivity contribution < 1.29 is 33.0 Å². The van der Waals surface area contributed by atoms with Crippen LogP contribution in [0.25, 0.3) is 23.3 Å². The summed E-state index contributed by atoms with van der Waals surface area (Å²) in [4.78, 5) is 0. The molecule has 5 heteroatoms. The summed E-state index contributed by atoms with van der Waals surface area (Å²) < 4.78 is 27.1. The van der Waals surface area contributed by atoms with Gasteiger partial charge in [0.1, 0.15) is 0 Å². The first-order valence-corrected chi connectivity index (χ1v) is 15.2. The third kappa shape index (κ3) is 13.8. The Balaban J connectivity index is 0.000000586. The molecule has 0 nitrogen and oxygen atoms in total. The summed E-state index contributed by atoms with van der Waals surface area (Å²) in [7, 11) is 0. The van der Waals surface area contributed by atoms with Gasteiger partial charge in [-0.15, -0.1) is 79.3 Å². The van der Waals surface area contributed by atoms with E-state index in [9.17, 15) is 8.78 Å². The van der Waals surface area contributed by atoms with Crippen LogP contribution in [0.5, 0.6) is 0 Å². The van der Waals surface area contributed by atoms with Gasteiger partial charge in [0, 0.05) is 11.6 Å². The molecule has 4 aromatic rings. The van der Waals surface area contributed by atoms with E-state index >= 15 is 0 Å². The third-order valence-electron chi connectivity index (χ3n) is 6.21. The van der Waals surface area contributed by atoms with E-state index in [1.54, 1.807) is 24.3 Å². The van der Waals surface area contributed by atoms with Crippen molar-refractivity contribution >= 4 is 41.2 Å². The summed E-state index contributed by atoms with van der Waals surface area (Å²) >= 11 is 1.30. The molecule has 0 heterocycles.